The van der Waals surface area contributed by atoms with E-state index in [1.54, 1.807) is 37.5 Å². The van der Waals surface area contributed by atoms with E-state index >= 15 is 0 Å². The van der Waals surface area contributed by atoms with Crippen LogP contribution in [0.1, 0.15) is 11.1 Å². The summed E-state index contributed by atoms with van der Waals surface area (Å²) >= 11 is 10.9. The van der Waals surface area contributed by atoms with E-state index < -0.39 is 0 Å². The molecule has 0 bridgehead atoms. The van der Waals surface area contributed by atoms with Gasteiger partial charge >= 0.3 is 0 Å². The van der Waals surface area contributed by atoms with Gasteiger partial charge in [0.1, 0.15) is 12.4 Å². The molecule has 5 nitrogen and oxygen atoms in total. The number of hydrogen-bond donors (Lipinski definition) is 1. The van der Waals surface area contributed by atoms with Gasteiger partial charge in [0.25, 0.3) is 5.91 Å². The first kappa shape index (κ1) is 23.4. The van der Waals surface area contributed by atoms with Crippen LogP contribution in [0.25, 0.3) is 6.08 Å². The van der Waals surface area contributed by atoms with Crippen LogP contribution in [0.15, 0.2) is 75.0 Å². The smallest absolute Gasteiger partial charge is 0.264 e. The lowest BCUT2D eigenvalue weighted by molar-refractivity contribution is -0.115. The van der Waals surface area contributed by atoms with E-state index in [1.807, 2.05) is 24.3 Å². The molecule has 1 fully saturated rings. The van der Waals surface area contributed by atoms with Crippen molar-refractivity contribution in [3.8, 4) is 11.5 Å². The molecule has 0 unspecified atom stereocenters. The largest absolute Gasteiger partial charge is 0.493 e. The van der Waals surface area contributed by atoms with Crippen molar-refractivity contribution in [1.82, 2.24) is 5.32 Å². The Balaban J connectivity index is 1.54. The third kappa shape index (κ3) is 5.76. The molecule has 168 valence electrons. The van der Waals surface area contributed by atoms with Crippen LogP contribution in [0.2, 0.25) is 5.02 Å². The second-order valence-electron chi connectivity index (χ2n) is 6.87. The molecule has 0 radical (unpaired) electrons. The number of aliphatic imine (C=N–C) groups is 1. The van der Waals surface area contributed by atoms with E-state index in [1.165, 1.54) is 23.9 Å². The second-order valence-corrected chi connectivity index (χ2v) is 9.16. The molecular formula is C24H17BrClFN2O3S. The van der Waals surface area contributed by atoms with Crippen molar-refractivity contribution >= 4 is 62.1 Å². The highest BCUT2D eigenvalue weighted by Gasteiger charge is 2.24. The van der Waals surface area contributed by atoms with E-state index in [9.17, 15) is 9.18 Å². The highest BCUT2D eigenvalue weighted by molar-refractivity contribution is 9.10. The van der Waals surface area contributed by atoms with Gasteiger partial charge in [-0.1, -0.05) is 29.8 Å². The standard InChI is InChI=1S/C24H17BrClFN2O3S/c1-31-20-11-14(10-18(25)22(20)32-13-15-4-2-3-5-19(15)26)12-21-23(30)29-24(33-21)28-17-8-6-16(27)7-9-17/h2-12H,13H2,1H3,(H,28,29,30)/b21-12-. The van der Waals surface area contributed by atoms with Gasteiger partial charge in [-0.05, 0) is 81.8 Å². The fourth-order valence-corrected chi connectivity index (χ4v) is 4.60. The summed E-state index contributed by atoms with van der Waals surface area (Å²) in [5.41, 5.74) is 2.14. The van der Waals surface area contributed by atoms with Crippen molar-refractivity contribution in [2.45, 2.75) is 6.61 Å². The highest BCUT2D eigenvalue weighted by atomic mass is 79.9. The maximum Gasteiger partial charge on any atom is 0.264 e. The van der Waals surface area contributed by atoms with Crippen LogP contribution in [0.3, 0.4) is 0 Å². The Kier molecular flexibility index (Phi) is 7.37. The van der Waals surface area contributed by atoms with E-state index in [0.29, 0.717) is 36.8 Å². The number of nitrogens with one attached hydrogen (secondary N) is 1. The van der Waals surface area contributed by atoms with Crippen LogP contribution in [-0.2, 0) is 11.4 Å². The van der Waals surface area contributed by atoms with Crippen molar-refractivity contribution in [3.63, 3.8) is 0 Å². The average Bonchev–Trinajstić information content (AvgIpc) is 3.13. The number of thioether (sulfide) groups is 1. The summed E-state index contributed by atoms with van der Waals surface area (Å²) in [6, 6.07) is 16.8. The number of amides is 1. The van der Waals surface area contributed by atoms with Crippen LogP contribution in [0.5, 0.6) is 11.5 Å². The van der Waals surface area contributed by atoms with Gasteiger partial charge in [-0.3, -0.25) is 4.79 Å². The lowest BCUT2D eigenvalue weighted by Crippen LogP contribution is -2.19. The van der Waals surface area contributed by atoms with Crippen LogP contribution in [0, 0.1) is 5.82 Å². The molecule has 1 saturated heterocycles. The first-order valence-electron chi connectivity index (χ1n) is 9.72. The number of hydrogen-bond acceptors (Lipinski definition) is 5. The van der Waals surface area contributed by atoms with Gasteiger partial charge in [-0.25, -0.2) is 9.38 Å². The second kappa shape index (κ2) is 10.4. The summed E-state index contributed by atoms with van der Waals surface area (Å²) < 4.78 is 25.2. The number of benzene rings is 3. The fourth-order valence-electron chi connectivity index (χ4n) is 2.99. The quantitative estimate of drug-likeness (QED) is 0.348. The Morgan fingerprint density at radius 2 is 1.94 bits per heavy atom. The third-order valence-corrected chi connectivity index (χ3v) is 6.46. The molecule has 3 aromatic carbocycles. The molecule has 4 rings (SSSR count). The van der Waals surface area contributed by atoms with E-state index in [-0.39, 0.29) is 18.3 Å². The first-order valence-corrected chi connectivity index (χ1v) is 11.7. The summed E-state index contributed by atoms with van der Waals surface area (Å²) in [5, 5.41) is 3.76. The van der Waals surface area contributed by atoms with Gasteiger partial charge < -0.3 is 14.8 Å². The van der Waals surface area contributed by atoms with Crippen LogP contribution in [-0.4, -0.2) is 18.2 Å². The van der Waals surface area contributed by atoms with Gasteiger partial charge in [0, 0.05) is 10.6 Å². The molecule has 1 N–H and O–H groups in total. The summed E-state index contributed by atoms with van der Waals surface area (Å²) in [5.74, 6) is 0.421. The van der Waals surface area contributed by atoms with Gasteiger partial charge in [-0.15, -0.1) is 0 Å². The molecule has 1 amide bonds. The van der Waals surface area contributed by atoms with E-state index in [0.717, 1.165) is 11.1 Å². The molecule has 1 heterocycles. The zero-order chi connectivity index (χ0) is 23.4. The Morgan fingerprint density at radius 1 is 1.18 bits per heavy atom. The Hall–Kier alpha value is -2.81. The Labute approximate surface area is 207 Å². The normalized spacial score (nSPS) is 15.7. The first-order chi connectivity index (χ1) is 15.9. The fraction of sp³-hybridized carbons (Fsp3) is 0.0833. The highest BCUT2D eigenvalue weighted by Crippen LogP contribution is 2.39. The Bertz CT molecular complexity index is 1270. The lowest BCUT2D eigenvalue weighted by atomic mass is 10.2. The molecule has 0 atom stereocenters. The van der Waals surface area contributed by atoms with Gasteiger partial charge in [0.15, 0.2) is 16.7 Å². The summed E-state index contributed by atoms with van der Waals surface area (Å²) in [6.07, 6.45) is 1.73. The maximum atomic E-state index is 13.1. The van der Waals surface area contributed by atoms with E-state index in [2.05, 4.69) is 26.2 Å². The molecule has 33 heavy (non-hydrogen) atoms. The molecule has 9 heteroatoms. The monoisotopic (exact) mass is 546 g/mol. The summed E-state index contributed by atoms with van der Waals surface area (Å²) in [7, 11) is 1.55. The van der Waals surface area contributed by atoms with E-state index in [4.69, 9.17) is 21.1 Å². The molecule has 3 aromatic rings. The number of carbonyl (C=O) groups excluding carboxylic acids is 1. The van der Waals surface area contributed by atoms with Crippen LogP contribution >= 0.6 is 39.3 Å². The van der Waals surface area contributed by atoms with Gasteiger partial charge in [-0.2, -0.15) is 0 Å². The molecule has 0 aliphatic carbocycles. The molecule has 1 aliphatic rings. The Morgan fingerprint density at radius 3 is 2.67 bits per heavy atom. The van der Waals surface area contributed by atoms with Crippen LogP contribution < -0.4 is 14.8 Å². The number of nitrogens with zero attached hydrogens (tertiary/aromatic N) is 1. The molecule has 1 aliphatic heterocycles. The molecule has 0 aromatic heterocycles. The predicted octanol–water partition coefficient (Wildman–Crippen LogP) is 6.72. The predicted molar refractivity (Wildman–Crippen MR) is 134 cm³/mol. The minimum atomic E-state index is -0.346. The third-order valence-electron chi connectivity index (χ3n) is 4.59. The molecule has 0 spiro atoms. The number of ether oxygens (including phenoxy) is 2. The van der Waals surface area contributed by atoms with Crippen molar-refractivity contribution < 1.29 is 18.7 Å². The van der Waals surface area contributed by atoms with Crippen molar-refractivity contribution in [1.29, 1.82) is 0 Å². The number of halogens is 3. The van der Waals surface area contributed by atoms with Gasteiger partial charge in [0.2, 0.25) is 0 Å². The number of rotatable bonds is 6. The molecular weight excluding hydrogens is 531 g/mol. The minimum absolute atomic E-state index is 0.269. The number of methoxy groups -OCH3 is 1. The van der Waals surface area contributed by atoms with Crippen molar-refractivity contribution in [2.75, 3.05) is 7.11 Å². The SMILES string of the molecule is COc1cc(/C=C2\SC(=Nc3ccc(F)cc3)NC2=O)cc(Br)c1OCc1ccccc1Cl. The average molecular weight is 548 g/mol. The van der Waals surface area contributed by atoms with Crippen molar-refractivity contribution in [2.24, 2.45) is 4.99 Å². The number of amidine groups is 1. The van der Waals surface area contributed by atoms with Gasteiger partial charge in [0.05, 0.1) is 22.2 Å². The minimum Gasteiger partial charge on any atom is -0.493 e. The summed E-state index contributed by atoms with van der Waals surface area (Å²) in [6.45, 7) is 0.274. The topological polar surface area (TPSA) is 59.9 Å². The zero-order valence-corrected chi connectivity index (χ0v) is 20.4. The van der Waals surface area contributed by atoms with Crippen LogP contribution in [0.4, 0.5) is 10.1 Å². The van der Waals surface area contributed by atoms with Crippen molar-refractivity contribution in [3.05, 3.63) is 92.0 Å². The lowest BCUT2D eigenvalue weighted by Gasteiger charge is -2.14. The summed E-state index contributed by atoms with van der Waals surface area (Å²) in [4.78, 5) is 17.2. The maximum absolute atomic E-state index is 13.1. The number of carbonyl (C=O) groups is 1. The molecule has 0 saturated carbocycles. The zero-order valence-electron chi connectivity index (χ0n) is 17.3.